The minimum atomic E-state index is -1.18. The van der Waals surface area contributed by atoms with Gasteiger partial charge in [0.2, 0.25) is 11.8 Å². The van der Waals surface area contributed by atoms with E-state index in [9.17, 15) is 29.1 Å². The van der Waals surface area contributed by atoms with Gasteiger partial charge in [-0.2, -0.15) is 0 Å². The van der Waals surface area contributed by atoms with Crippen LogP contribution in [0.4, 0.5) is 5.69 Å². The second-order valence-corrected chi connectivity index (χ2v) is 9.23. The summed E-state index contributed by atoms with van der Waals surface area (Å²) in [5, 5.41) is 8.64. The second-order valence-electron chi connectivity index (χ2n) is 8.04. The Kier molecular flexibility index (Phi) is 8.17. The van der Waals surface area contributed by atoms with Crippen molar-refractivity contribution >= 4 is 47.0 Å². The number of esters is 1. The van der Waals surface area contributed by atoms with E-state index in [1.807, 2.05) is 6.92 Å². The number of carbonyl (C=O) groups is 5. The van der Waals surface area contributed by atoms with Crippen molar-refractivity contribution in [1.29, 1.82) is 0 Å². The summed E-state index contributed by atoms with van der Waals surface area (Å²) in [6, 6.07) is 15.0. The largest absolute Gasteiger partial charge is 0.494 e. The zero-order valence-corrected chi connectivity index (χ0v) is 21.0. The van der Waals surface area contributed by atoms with Crippen LogP contribution in [0.5, 0.6) is 5.75 Å². The lowest BCUT2D eigenvalue weighted by atomic mass is 10.1. The number of carboxylic acids is 1. The molecule has 0 spiro atoms. The van der Waals surface area contributed by atoms with Crippen LogP contribution in [0.25, 0.3) is 0 Å². The standard InChI is InChI=1S/C27H22N2O8S/c1-2-36-19-11-7-16(8-12-19)21(30)15-37-27(35)17-5-9-18(10-6-17)29-23(31)14-22(25(29)32)38-24-20(26(33)34)4-3-13-28-24/h3-13,22H,2,14-15H2,1H3,(H,33,34). The molecule has 0 aliphatic carbocycles. The summed E-state index contributed by atoms with van der Waals surface area (Å²) < 4.78 is 10.5. The maximum atomic E-state index is 13.0. The zero-order chi connectivity index (χ0) is 27.2. The summed E-state index contributed by atoms with van der Waals surface area (Å²) in [7, 11) is 0. The fraction of sp³-hybridized carbons (Fsp3) is 0.185. The molecule has 1 saturated heterocycles. The van der Waals surface area contributed by atoms with Crippen LogP contribution in [0.1, 0.15) is 44.4 Å². The smallest absolute Gasteiger partial charge is 0.338 e. The summed E-state index contributed by atoms with van der Waals surface area (Å²) in [6.07, 6.45) is 1.29. The normalized spacial score (nSPS) is 14.9. The van der Waals surface area contributed by atoms with E-state index < -0.39 is 35.6 Å². The molecule has 0 saturated carbocycles. The van der Waals surface area contributed by atoms with Gasteiger partial charge in [0.1, 0.15) is 10.8 Å². The maximum Gasteiger partial charge on any atom is 0.338 e. The molecule has 1 aliphatic heterocycles. The Morgan fingerprint density at radius 1 is 1.03 bits per heavy atom. The first-order valence-electron chi connectivity index (χ1n) is 11.5. The van der Waals surface area contributed by atoms with E-state index in [-0.39, 0.29) is 34.0 Å². The van der Waals surface area contributed by atoms with Gasteiger partial charge in [-0.15, -0.1) is 0 Å². The van der Waals surface area contributed by atoms with Crippen molar-refractivity contribution in [3.63, 3.8) is 0 Å². The molecule has 0 bridgehead atoms. The lowest BCUT2D eigenvalue weighted by molar-refractivity contribution is -0.121. The van der Waals surface area contributed by atoms with Crippen molar-refractivity contribution in [1.82, 2.24) is 4.98 Å². The molecule has 4 rings (SSSR count). The molecule has 0 radical (unpaired) electrons. The average Bonchev–Trinajstić information content (AvgIpc) is 3.20. The highest BCUT2D eigenvalue weighted by Crippen LogP contribution is 2.34. The molecule has 3 aromatic rings. The first kappa shape index (κ1) is 26.6. The average molecular weight is 535 g/mol. The molecule has 10 nitrogen and oxygen atoms in total. The van der Waals surface area contributed by atoms with Crippen LogP contribution < -0.4 is 9.64 Å². The number of pyridine rings is 1. The number of nitrogens with zero attached hydrogens (tertiary/aromatic N) is 2. The Morgan fingerprint density at radius 2 is 1.71 bits per heavy atom. The van der Waals surface area contributed by atoms with Gasteiger partial charge in [0.05, 0.1) is 28.7 Å². The van der Waals surface area contributed by atoms with Gasteiger partial charge in [-0.3, -0.25) is 14.4 Å². The van der Waals surface area contributed by atoms with Crippen LogP contribution in [-0.2, 0) is 14.3 Å². The molecule has 1 N–H and O–H groups in total. The quantitative estimate of drug-likeness (QED) is 0.233. The van der Waals surface area contributed by atoms with Gasteiger partial charge in [0, 0.05) is 18.2 Å². The number of ether oxygens (including phenoxy) is 2. The molecular formula is C27H22N2O8S. The minimum Gasteiger partial charge on any atom is -0.494 e. The summed E-state index contributed by atoms with van der Waals surface area (Å²) in [4.78, 5) is 66.8. The Hall–Kier alpha value is -4.51. The SMILES string of the molecule is CCOc1ccc(C(=O)COC(=O)c2ccc(N3C(=O)CC(Sc4ncccc4C(=O)O)C3=O)cc2)cc1. The number of amides is 2. The number of hydrogen-bond acceptors (Lipinski definition) is 9. The van der Waals surface area contributed by atoms with Crippen molar-refractivity contribution in [3.8, 4) is 5.75 Å². The molecule has 194 valence electrons. The predicted molar refractivity (Wildman–Crippen MR) is 137 cm³/mol. The van der Waals surface area contributed by atoms with E-state index in [4.69, 9.17) is 9.47 Å². The van der Waals surface area contributed by atoms with Gasteiger partial charge < -0.3 is 14.6 Å². The van der Waals surface area contributed by atoms with Crippen molar-refractivity contribution in [2.24, 2.45) is 0 Å². The first-order valence-corrected chi connectivity index (χ1v) is 12.4. The maximum absolute atomic E-state index is 13.0. The summed E-state index contributed by atoms with van der Waals surface area (Å²) >= 11 is 0.918. The third kappa shape index (κ3) is 5.89. The Bertz CT molecular complexity index is 1390. The molecule has 2 amide bonds. The Balaban J connectivity index is 1.37. The number of imide groups is 1. The topological polar surface area (TPSA) is 140 Å². The molecule has 1 atom stereocenters. The summed E-state index contributed by atoms with van der Waals surface area (Å²) in [5.41, 5.74) is 0.707. The van der Waals surface area contributed by atoms with Crippen LogP contribution in [0.15, 0.2) is 71.9 Å². The monoisotopic (exact) mass is 534 g/mol. The number of thioether (sulfide) groups is 1. The number of carboxylic acid groups (broad SMARTS) is 1. The van der Waals surface area contributed by atoms with E-state index in [0.29, 0.717) is 17.9 Å². The number of ketones is 1. The lowest BCUT2D eigenvalue weighted by Crippen LogP contribution is -2.31. The number of carbonyl (C=O) groups excluding carboxylic acids is 4. The zero-order valence-electron chi connectivity index (χ0n) is 20.2. The fourth-order valence-electron chi connectivity index (χ4n) is 3.70. The lowest BCUT2D eigenvalue weighted by Gasteiger charge is -2.15. The van der Waals surface area contributed by atoms with Crippen LogP contribution >= 0.6 is 11.8 Å². The van der Waals surface area contributed by atoms with Gasteiger partial charge in [-0.1, -0.05) is 11.8 Å². The van der Waals surface area contributed by atoms with Crippen molar-refractivity contribution in [2.75, 3.05) is 18.1 Å². The summed E-state index contributed by atoms with van der Waals surface area (Å²) in [6.45, 7) is 1.90. The van der Waals surface area contributed by atoms with E-state index >= 15 is 0 Å². The predicted octanol–water partition coefficient (Wildman–Crippen LogP) is 3.64. The van der Waals surface area contributed by atoms with Gasteiger partial charge in [-0.05, 0) is 67.6 Å². The fourth-order valence-corrected chi connectivity index (χ4v) is 4.80. The highest BCUT2D eigenvalue weighted by molar-refractivity contribution is 8.00. The van der Waals surface area contributed by atoms with Gasteiger partial charge >= 0.3 is 11.9 Å². The molecule has 1 aliphatic rings. The van der Waals surface area contributed by atoms with Crippen molar-refractivity contribution < 1.29 is 38.6 Å². The minimum absolute atomic E-state index is 0.0555. The highest BCUT2D eigenvalue weighted by atomic mass is 32.2. The molecular weight excluding hydrogens is 512 g/mol. The van der Waals surface area contributed by atoms with Crippen LogP contribution in [0, 0.1) is 0 Å². The van der Waals surface area contributed by atoms with Crippen LogP contribution in [0.2, 0.25) is 0 Å². The molecule has 1 fully saturated rings. The van der Waals surface area contributed by atoms with Crippen molar-refractivity contribution in [3.05, 3.63) is 83.6 Å². The van der Waals surface area contributed by atoms with Gasteiger partial charge in [0.15, 0.2) is 12.4 Å². The first-order chi connectivity index (χ1) is 18.3. The third-order valence-corrected chi connectivity index (χ3v) is 6.74. The van der Waals surface area contributed by atoms with Crippen LogP contribution in [0.3, 0.4) is 0 Å². The molecule has 1 aromatic heterocycles. The molecule has 38 heavy (non-hydrogen) atoms. The van der Waals surface area contributed by atoms with E-state index in [2.05, 4.69) is 4.98 Å². The second kappa shape index (κ2) is 11.7. The number of aromatic nitrogens is 1. The number of hydrogen-bond donors (Lipinski definition) is 1. The molecule has 2 heterocycles. The Labute approximate surface area is 221 Å². The van der Waals surface area contributed by atoms with E-state index in [0.717, 1.165) is 16.7 Å². The molecule has 1 unspecified atom stereocenters. The Morgan fingerprint density at radius 3 is 2.37 bits per heavy atom. The summed E-state index contributed by atoms with van der Waals surface area (Å²) in [5.74, 6) is -2.65. The van der Waals surface area contributed by atoms with Crippen molar-refractivity contribution in [2.45, 2.75) is 23.6 Å². The van der Waals surface area contributed by atoms with E-state index in [1.165, 1.54) is 42.6 Å². The number of aromatic carboxylic acids is 1. The molecule has 11 heteroatoms. The van der Waals surface area contributed by atoms with Gasteiger partial charge in [-0.25, -0.2) is 19.5 Å². The van der Waals surface area contributed by atoms with Gasteiger partial charge in [0.25, 0.3) is 0 Å². The number of Topliss-reactive ketones (excluding diaryl/α,β-unsaturated/α-hetero) is 1. The number of rotatable bonds is 10. The van der Waals surface area contributed by atoms with Crippen LogP contribution in [-0.4, -0.2) is 58.1 Å². The third-order valence-electron chi connectivity index (χ3n) is 5.54. The van der Waals surface area contributed by atoms with E-state index in [1.54, 1.807) is 24.3 Å². The number of benzene rings is 2. The highest BCUT2D eigenvalue weighted by Gasteiger charge is 2.41. The molecule has 2 aromatic carbocycles. The number of anilines is 1.